The van der Waals surface area contributed by atoms with Crippen LogP contribution in [0.1, 0.15) is 20.8 Å². The molecule has 0 saturated heterocycles. The maximum atomic E-state index is 5.24. The SMILES string of the molecule is C=C(C)/C=C\C(=CC)O/C=C/C. The third-order valence-corrected chi connectivity index (χ3v) is 1.16. The maximum Gasteiger partial charge on any atom is 0.122 e. The van der Waals surface area contributed by atoms with Gasteiger partial charge < -0.3 is 4.74 Å². The fourth-order valence-electron chi connectivity index (χ4n) is 0.575. The third kappa shape index (κ3) is 5.54. The van der Waals surface area contributed by atoms with E-state index in [9.17, 15) is 0 Å². The Labute approximate surface area is 74.7 Å². The standard InChI is InChI=1S/C11H16O/c1-5-9-12-11(6-2)8-7-10(3)4/h5-9H,3H2,1-2,4H3/b8-7-,9-5+,11-6?. The van der Waals surface area contributed by atoms with Gasteiger partial charge in [0.05, 0.1) is 6.26 Å². The van der Waals surface area contributed by atoms with E-state index in [0.29, 0.717) is 0 Å². The van der Waals surface area contributed by atoms with Crippen LogP contribution < -0.4 is 0 Å². The molecule has 0 radical (unpaired) electrons. The number of ether oxygens (including phenoxy) is 1. The quantitative estimate of drug-likeness (QED) is 0.456. The van der Waals surface area contributed by atoms with Crippen LogP contribution in [-0.4, -0.2) is 0 Å². The van der Waals surface area contributed by atoms with Gasteiger partial charge in [-0.3, -0.25) is 0 Å². The van der Waals surface area contributed by atoms with E-state index in [2.05, 4.69) is 6.58 Å². The van der Waals surface area contributed by atoms with Crippen molar-refractivity contribution in [2.45, 2.75) is 20.8 Å². The Kier molecular flexibility index (Phi) is 5.80. The first-order valence-electron chi connectivity index (χ1n) is 3.98. The molecule has 1 heteroatoms. The summed E-state index contributed by atoms with van der Waals surface area (Å²) >= 11 is 0. The summed E-state index contributed by atoms with van der Waals surface area (Å²) in [6.07, 6.45) is 9.21. The van der Waals surface area contributed by atoms with E-state index >= 15 is 0 Å². The number of hydrogen-bond acceptors (Lipinski definition) is 1. The average molecular weight is 164 g/mol. The molecule has 66 valence electrons. The Morgan fingerprint density at radius 2 is 1.92 bits per heavy atom. The molecule has 0 aliphatic carbocycles. The van der Waals surface area contributed by atoms with Crippen LogP contribution in [0.5, 0.6) is 0 Å². The minimum Gasteiger partial charge on any atom is -0.466 e. The summed E-state index contributed by atoms with van der Waals surface area (Å²) in [5.41, 5.74) is 1.01. The van der Waals surface area contributed by atoms with Crippen molar-refractivity contribution in [3.05, 3.63) is 48.5 Å². The third-order valence-electron chi connectivity index (χ3n) is 1.16. The van der Waals surface area contributed by atoms with Crippen molar-refractivity contribution in [2.75, 3.05) is 0 Å². The molecule has 1 nitrogen and oxygen atoms in total. The highest BCUT2D eigenvalue weighted by Crippen LogP contribution is 2.02. The number of allylic oxidation sites excluding steroid dienone is 5. The van der Waals surface area contributed by atoms with Crippen LogP contribution in [0.4, 0.5) is 0 Å². The number of hydrogen-bond donors (Lipinski definition) is 0. The van der Waals surface area contributed by atoms with E-state index in [1.54, 1.807) is 6.26 Å². The van der Waals surface area contributed by atoms with E-state index < -0.39 is 0 Å². The van der Waals surface area contributed by atoms with E-state index in [-0.39, 0.29) is 0 Å². The predicted octanol–water partition coefficient (Wildman–Crippen LogP) is 3.57. The molecule has 0 N–H and O–H groups in total. The summed E-state index contributed by atoms with van der Waals surface area (Å²) in [7, 11) is 0. The molecule has 0 saturated carbocycles. The van der Waals surface area contributed by atoms with Gasteiger partial charge in [0, 0.05) is 0 Å². The molecule has 0 aliphatic rings. The first-order chi connectivity index (χ1) is 5.70. The minimum atomic E-state index is 0.830. The first kappa shape index (κ1) is 10.8. The fourth-order valence-corrected chi connectivity index (χ4v) is 0.575. The molecule has 0 fully saturated rings. The Morgan fingerprint density at radius 3 is 2.33 bits per heavy atom. The largest absolute Gasteiger partial charge is 0.466 e. The van der Waals surface area contributed by atoms with Crippen LogP contribution in [-0.2, 0) is 4.74 Å². The molecule has 0 bridgehead atoms. The second-order valence-corrected chi connectivity index (χ2v) is 2.46. The van der Waals surface area contributed by atoms with Gasteiger partial charge >= 0.3 is 0 Å². The molecule has 12 heavy (non-hydrogen) atoms. The highest BCUT2D eigenvalue weighted by atomic mass is 16.5. The highest BCUT2D eigenvalue weighted by Gasteiger charge is 1.85. The van der Waals surface area contributed by atoms with Crippen LogP contribution >= 0.6 is 0 Å². The van der Waals surface area contributed by atoms with Crippen molar-refractivity contribution in [1.29, 1.82) is 0 Å². The lowest BCUT2D eigenvalue weighted by Crippen LogP contribution is -1.79. The normalized spacial score (nSPS) is 12.8. The first-order valence-corrected chi connectivity index (χ1v) is 3.98. The molecular formula is C11H16O. The van der Waals surface area contributed by atoms with Gasteiger partial charge in [0.2, 0.25) is 0 Å². The summed E-state index contributed by atoms with van der Waals surface area (Å²) < 4.78 is 5.24. The molecular weight excluding hydrogens is 148 g/mol. The van der Waals surface area contributed by atoms with Gasteiger partial charge in [0.15, 0.2) is 0 Å². The monoisotopic (exact) mass is 164 g/mol. The van der Waals surface area contributed by atoms with Crippen LogP contribution in [0.15, 0.2) is 48.5 Å². The van der Waals surface area contributed by atoms with Crippen LogP contribution in [0, 0.1) is 0 Å². The molecule has 0 heterocycles. The smallest absolute Gasteiger partial charge is 0.122 e. The van der Waals surface area contributed by atoms with Crippen LogP contribution in [0.25, 0.3) is 0 Å². The summed E-state index contributed by atoms with van der Waals surface area (Å²) in [5, 5.41) is 0. The zero-order chi connectivity index (χ0) is 9.40. The van der Waals surface area contributed by atoms with E-state index in [1.807, 2.05) is 45.1 Å². The summed E-state index contributed by atoms with van der Waals surface area (Å²) in [4.78, 5) is 0. The summed E-state index contributed by atoms with van der Waals surface area (Å²) in [5.74, 6) is 0.830. The minimum absolute atomic E-state index is 0.830. The molecule has 0 unspecified atom stereocenters. The topological polar surface area (TPSA) is 9.23 Å². The average Bonchev–Trinajstić information content (AvgIpc) is 2.05. The van der Waals surface area contributed by atoms with Gasteiger partial charge in [-0.1, -0.05) is 24.3 Å². The zero-order valence-electron chi connectivity index (χ0n) is 8.00. The molecule has 0 rings (SSSR count). The molecule has 0 aromatic rings. The lowest BCUT2D eigenvalue weighted by Gasteiger charge is -1.98. The lowest BCUT2D eigenvalue weighted by molar-refractivity contribution is 0.366. The van der Waals surface area contributed by atoms with Crippen LogP contribution in [0.3, 0.4) is 0 Å². The van der Waals surface area contributed by atoms with Gasteiger partial charge in [-0.15, -0.1) is 0 Å². The van der Waals surface area contributed by atoms with Gasteiger partial charge in [0.25, 0.3) is 0 Å². The van der Waals surface area contributed by atoms with Crippen LogP contribution in [0.2, 0.25) is 0 Å². The Morgan fingerprint density at radius 1 is 1.25 bits per heavy atom. The molecule has 0 aromatic carbocycles. The van der Waals surface area contributed by atoms with Crippen molar-refractivity contribution in [3.63, 3.8) is 0 Å². The zero-order valence-corrected chi connectivity index (χ0v) is 8.00. The Balaban J connectivity index is 4.10. The van der Waals surface area contributed by atoms with E-state index in [4.69, 9.17) is 4.74 Å². The van der Waals surface area contributed by atoms with Gasteiger partial charge in [-0.05, 0) is 32.9 Å². The second kappa shape index (κ2) is 6.47. The molecule has 0 spiro atoms. The van der Waals surface area contributed by atoms with E-state index in [1.165, 1.54) is 0 Å². The lowest BCUT2D eigenvalue weighted by atomic mass is 10.3. The second-order valence-electron chi connectivity index (χ2n) is 2.46. The summed E-state index contributed by atoms with van der Waals surface area (Å²) in [6.45, 7) is 9.54. The Bertz CT molecular complexity index is 219. The van der Waals surface area contributed by atoms with E-state index in [0.717, 1.165) is 11.3 Å². The maximum absolute atomic E-state index is 5.24. The van der Waals surface area contributed by atoms with Gasteiger partial charge in [0.1, 0.15) is 5.76 Å². The molecule has 0 aliphatic heterocycles. The highest BCUT2D eigenvalue weighted by molar-refractivity contribution is 5.21. The van der Waals surface area contributed by atoms with Gasteiger partial charge in [-0.2, -0.15) is 0 Å². The van der Waals surface area contributed by atoms with Crippen molar-refractivity contribution < 1.29 is 4.74 Å². The molecule has 0 amide bonds. The van der Waals surface area contributed by atoms with Crippen molar-refractivity contribution >= 4 is 0 Å². The number of rotatable bonds is 4. The molecule has 0 atom stereocenters. The predicted molar refractivity (Wildman–Crippen MR) is 53.6 cm³/mol. The van der Waals surface area contributed by atoms with Gasteiger partial charge in [-0.25, -0.2) is 0 Å². The fraction of sp³-hybridized carbons (Fsp3) is 0.273. The van der Waals surface area contributed by atoms with Crippen molar-refractivity contribution in [3.8, 4) is 0 Å². The molecule has 0 aromatic heterocycles. The Hall–Kier alpha value is -1.24. The van der Waals surface area contributed by atoms with Crippen molar-refractivity contribution in [2.24, 2.45) is 0 Å². The van der Waals surface area contributed by atoms with Crippen molar-refractivity contribution in [1.82, 2.24) is 0 Å². The summed E-state index contributed by atoms with van der Waals surface area (Å²) in [6, 6.07) is 0.